The van der Waals surface area contributed by atoms with Crippen molar-refractivity contribution < 1.29 is 4.21 Å². The van der Waals surface area contributed by atoms with Gasteiger partial charge in [0.2, 0.25) is 0 Å². The number of benzene rings is 2. The van der Waals surface area contributed by atoms with Crippen molar-refractivity contribution >= 4 is 33.0 Å². The molecule has 1 atom stereocenters. The zero-order valence-electron chi connectivity index (χ0n) is 20.5. The van der Waals surface area contributed by atoms with Crippen molar-refractivity contribution in [3.05, 3.63) is 80.9 Å². The van der Waals surface area contributed by atoms with Gasteiger partial charge in [0.05, 0.1) is 27.8 Å². The molecule has 184 valence electrons. The number of hydrogen-bond donors (Lipinski definition) is 1. The van der Waals surface area contributed by atoms with Crippen molar-refractivity contribution in [2.75, 3.05) is 33.2 Å². The quantitative estimate of drug-likeness (QED) is 0.317. The lowest BCUT2D eigenvalue weighted by Gasteiger charge is -2.23. The average Bonchev–Trinajstić information content (AvgIpc) is 3.32. The third kappa shape index (κ3) is 6.52. The molecule has 2 heterocycles. The Bertz CT molecular complexity index is 1350. The Hall–Kier alpha value is -2.65. The van der Waals surface area contributed by atoms with Gasteiger partial charge in [0.25, 0.3) is 5.56 Å². The fourth-order valence-corrected chi connectivity index (χ4v) is 6.14. The summed E-state index contributed by atoms with van der Waals surface area (Å²) < 4.78 is 12.6. The van der Waals surface area contributed by atoms with E-state index in [-0.39, 0.29) is 5.56 Å². The molecule has 0 fully saturated rings. The Kier molecular flexibility index (Phi) is 8.62. The highest BCUT2D eigenvalue weighted by Crippen LogP contribution is 2.24. The van der Waals surface area contributed by atoms with E-state index in [1.807, 2.05) is 41.8 Å². The van der Waals surface area contributed by atoms with Gasteiger partial charge in [-0.1, -0.05) is 44.2 Å². The van der Waals surface area contributed by atoms with E-state index in [0.717, 1.165) is 53.5 Å². The second-order valence-corrected chi connectivity index (χ2v) is 11.0. The minimum atomic E-state index is -1.16. The van der Waals surface area contributed by atoms with Crippen molar-refractivity contribution in [3.8, 4) is 11.3 Å². The first-order valence-corrected chi connectivity index (χ1v) is 14.1. The van der Waals surface area contributed by atoms with Crippen LogP contribution in [0, 0.1) is 0 Å². The van der Waals surface area contributed by atoms with Gasteiger partial charge in [0, 0.05) is 35.4 Å². The molecule has 0 spiro atoms. The van der Waals surface area contributed by atoms with E-state index in [4.69, 9.17) is 0 Å². The number of nitrogens with one attached hydrogen (secondary N) is 1. The van der Waals surface area contributed by atoms with Crippen LogP contribution in [0.1, 0.15) is 24.4 Å². The third-order valence-corrected chi connectivity index (χ3v) is 8.51. The Labute approximate surface area is 213 Å². The van der Waals surface area contributed by atoms with Gasteiger partial charge in [-0.25, -0.2) is 4.98 Å². The summed E-state index contributed by atoms with van der Waals surface area (Å²) in [6.45, 7) is 9.38. The Morgan fingerprint density at radius 1 is 1.03 bits per heavy atom. The van der Waals surface area contributed by atoms with E-state index in [9.17, 15) is 9.00 Å². The summed E-state index contributed by atoms with van der Waals surface area (Å²) in [5.41, 5.74) is 3.00. The van der Waals surface area contributed by atoms with Crippen molar-refractivity contribution in [3.63, 3.8) is 0 Å². The van der Waals surface area contributed by atoms with Gasteiger partial charge in [-0.05, 0) is 55.4 Å². The Morgan fingerprint density at radius 2 is 1.80 bits per heavy atom. The molecule has 4 aromatic rings. The van der Waals surface area contributed by atoms with Gasteiger partial charge in [0.1, 0.15) is 5.01 Å². The predicted octanol–water partition coefficient (Wildman–Crippen LogP) is 4.73. The molecule has 1 N–H and O–H groups in total. The summed E-state index contributed by atoms with van der Waals surface area (Å²) in [6, 6.07) is 17.5. The number of pyridine rings is 1. The van der Waals surface area contributed by atoms with Crippen molar-refractivity contribution in [1.82, 2.24) is 19.8 Å². The average molecular weight is 509 g/mol. The van der Waals surface area contributed by atoms with Gasteiger partial charge in [0.15, 0.2) is 0 Å². The number of fused-ring (bicyclic) bond motifs is 1. The molecule has 0 aliphatic carbocycles. The number of aromatic amines is 1. The maximum atomic E-state index is 12.9. The minimum absolute atomic E-state index is 0.162. The molecule has 8 heteroatoms. The van der Waals surface area contributed by atoms with Gasteiger partial charge in [-0.2, -0.15) is 0 Å². The Balaban J connectivity index is 1.47. The molecule has 0 amide bonds. The molecule has 0 bridgehead atoms. The number of thiazole rings is 1. The first-order valence-electron chi connectivity index (χ1n) is 11.9. The molecule has 2 aromatic heterocycles. The second-order valence-electron chi connectivity index (χ2n) is 8.63. The van der Waals surface area contributed by atoms with Crippen LogP contribution in [-0.4, -0.2) is 57.2 Å². The second kappa shape index (κ2) is 11.9. The zero-order chi connectivity index (χ0) is 24.8. The first-order chi connectivity index (χ1) is 17.0. The summed E-state index contributed by atoms with van der Waals surface area (Å²) >= 11 is 1.43. The van der Waals surface area contributed by atoms with E-state index in [1.54, 1.807) is 0 Å². The SMILES string of the molecule is CCN(CC)CCN(C)Cc1ccc2cc(-c3csc(CS(=O)c4ccccc4)n3)c(=O)[nH]c2c1. The highest BCUT2D eigenvalue weighted by molar-refractivity contribution is 7.84. The van der Waals surface area contributed by atoms with E-state index >= 15 is 0 Å². The van der Waals surface area contributed by atoms with Gasteiger partial charge in [-0.3, -0.25) is 9.00 Å². The molecule has 0 saturated heterocycles. The van der Waals surface area contributed by atoms with Crippen LogP contribution < -0.4 is 5.56 Å². The van der Waals surface area contributed by atoms with Crippen LogP contribution in [0.5, 0.6) is 0 Å². The van der Waals surface area contributed by atoms with E-state index in [0.29, 0.717) is 17.0 Å². The third-order valence-electron chi connectivity index (χ3n) is 6.14. The normalized spacial score (nSPS) is 12.6. The molecule has 4 rings (SSSR count). The molecule has 35 heavy (non-hydrogen) atoms. The predicted molar refractivity (Wildman–Crippen MR) is 146 cm³/mol. The number of H-pyrrole nitrogens is 1. The standard InChI is InChI=1S/C27H32N4O2S2/c1-4-31(5-2)14-13-30(3)17-20-11-12-21-16-23(27(32)29-24(21)15-20)25-18-34-26(28-25)19-35(33)22-9-7-6-8-10-22/h6-12,15-16,18H,4-5,13-14,17,19H2,1-3H3,(H,29,32). The van der Waals surface area contributed by atoms with E-state index in [2.05, 4.69) is 58.9 Å². The molecular formula is C27H32N4O2S2. The molecule has 2 aromatic carbocycles. The van der Waals surface area contributed by atoms with Gasteiger partial charge in [-0.15, -0.1) is 11.3 Å². The summed E-state index contributed by atoms with van der Waals surface area (Å²) in [5.74, 6) is 0.339. The molecule has 0 aliphatic heterocycles. The van der Waals surface area contributed by atoms with Crippen LogP contribution in [0.4, 0.5) is 0 Å². The van der Waals surface area contributed by atoms with E-state index < -0.39 is 10.8 Å². The molecule has 0 saturated carbocycles. The van der Waals surface area contributed by atoms with Crippen molar-refractivity contribution in [2.45, 2.75) is 31.0 Å². The lowest BCUT2D eigenvalue weighted by molar-refractivity contribution is 0.236. The smallest absolute Gasteiger partial charge is 0.257 e. The van der Waals surface area contributed by atoms with Crippen molar-refractivity contribution in [1.29, 1.82) is 0 Å². The monoisotopic (exact) mass is 508 g/mol. The molecule has 0 aliphatic rings. The number of hydrogen-bond acceptors (Lipinski definition) is 6. The van der Waals surface area contributed by atoms with Gasteiger partial charge >= 0.3 is 0 Å². The van der Waals surface area contributed by atoms with Crippen LogP contribution in [0.25, 0.3) is 22.2 Å². The van der Waals surface area contributed by atoms with Gasteiger partial charge < -0.3 is 14.8 Å². The summed E-state index contributed by atoms with van der Waals surface area (Å²) in [6.07, 6.45) is 0. The highest BCUT2D eigenvalue weighted by Gasteiger charge is 2.13. The fourth-order valence-electron chi connectivity index (χ4n) is 4.05. The lowest BCUT2D eigenvalue weighted by atomic mass is 10.1. The number of likely N-dealkylation sites (N-methyl/N-ethyl adjacent to an activating group) is 2. The van der Waals surface area contributed by atoms with Crippen LogP contribution in [0.3, 0.4) is 0 Å². The van der Waals surface area contributed by atoms with Crippen LogP contribution in [0.2, 0.25) is 0 Å². The number of aromatic nitrogens is 2. The number of rotatable bonds is 11. The maximum absolute atomic E-state index is 12.9. The van der Waals surface area contributed by atoms with E-state index in [1.165, 1.54) is 16.9 Å². The molecule has 1 unspecified atom stereocenters. The van der Waals surface area contributed by atoms with Crippen LogP contribution in [0.15, 0.2) is 69.7 Å². The largest absolute Gasteiger partial charge is 0.321 e. The number of nitrogens with zero attached hydrogens (tertiary/aromatic N) is 3. The summed E-state index contributed by atoms with van der Waals surface area (Å²) in [5, 5.41) is 3.59. The summed E-state index contributed by atoms with van der Waals surface area (Å²) in [7, 11) is 0.966. The topological polar surface area (TPSA) is 69.3 Å². The molecule has 6 nitrogen and oxygen atoms in total. The Morgan fingerprint density at radius 3 is 2.54 bits per heavy atom. The maximum Gasteiger partial charge on any atom is 0.257 e. The minimum Gasteiger partial charge on any atom is -0.321 e. The first kappa shape index (κ1) is 25.4. The highest BCUT2D eigenvalue weighted by atomic mass is 32.2. The molecule has 0 radical (unpaired) electrons. The van der Waals surface area contributed by atoms with Crippen LogP contribution in [-0.2, 0) is 23.1 Å². The summed E-state index contributed by atoms with van der Waals surface area (Å²) in [4.78, 5) is 26.1. The van der Waals surface area contributed by atoms with Crippen molar-refractivity contribution in [2.24, 2.45) is 0 Å². The lowest BCUT2D eigenvalue weighted by Crippen LogP contribution is -2.32. The molecular weight excluding hydrogens is 476 g/mol. The zero-order valence-corrected chi connectivity index (χ0v) is 22.1. The van der Waals surface area contributed by atoms with Crippen LogP contribution >= 0.6 is 11.3 Å². The fraction of sp³-hybridized carbons (Fsp3) is 0.333.